The van der Waals surface area contributed by atoms with Gasteiger partial charge in [-0.2, -0.15) is 18.3 Å². The summed E-state index contributed by atoms with van der Waals surface area (Å²) in [5, 5.41) is 4.13. The van der Waals surface area contributed by atoms with Crippen molar-refractivity contribution in [3.05, 3.63) is 65.7 Å². The van der Waals surface area contributed by atoms with Crippen molar-refractivity contribution in [2.24, 2.45) is 0 Å². The Morgan fingerprint density at radius 1 is 0.966 bits per heavy atom. The Balaban J connectivity index is 1.96. The van der Waals surface area contributed by atoms with Gasteiger partial charge in [-0.05, 0) is 61.9 Å². The van der Waals surface area contributed by atoms with Gasteiger partial charge in [0.15, 0.2) is 5.60 Å². The Kier molecular flexibility index (Phi) is 5.36. The Labute approximate surface area is 163 Å². The van der Waals surface area contributed by atoms with Crippen molar-refractivity contribution in [1.82, 2.24) is 9.78 Å². The fourth-order valence-electron chi connectivity index (χ4n) is 2.61. The van der Waals surface area contributed by atoms with Crippen LogP contribution in [0.25, 0.3) is 16.9 Å². The molecule has 0 fully saturated rings. The highest BCUT2D eigenvalue weighted by Gasteiger charge is 2.48. The SMILES string of the molecule is CC(C)(OCc1cc(F)cc(-c2cc(N)nn2-c2ccc(F)cc2)c1)C(F)(F)F. The Bertz CT molecular complexity index is 1010. The van der Waals surface area contributed by atoms with E-state index in [4.69, 9.17) is 10.5 Å². The van der Waals surface area contributed by atoms with Gasteiger partial charge >= 0.3 is 6.18 Å². The van der Waals surface area contributed by atoms with Gasteiger partial charge in [0.2, 0.25) is 0 Å². The first kappa shape index (κ1) is 20.8. The number of nitrogen functional groups attached to an aromatic ring is 1. The number of hydrogen-bond acceptors (Lipinski definition) is 3. The number of halogens is 5. The third-order valence-electron chi connectivity index (χ3n) is 4.34. The monoisotopic (exact) mass is 411 g/mol. The Hall–Kier alpha value is -2.94. The highest BCUT2D eigenvalue weighted by Crippen LogP contribution is 2.34. The summed E-state index contributed by atoms with van der Waals surface area (Å²) >= 11 is 0. The summed E-state index contributed by atoms with van der Waals surface area (Å²) in [5.41, 5.74) is 4.81. The van der Waals surface area contributed by atoms with Gasteiger partial charge < -0.3 is 10.5 Å². The molecule has 0 aliphatic heterocycles. The molecule has 0 atom stereocenters. The molecule has 0 bridgehead atoms. The predicted octanol–water partition coefficient (Wildman–Crippen LogP) is 5.26. The number of aromatic nitrogens is 2. The minimum atomic E-state index is -4.57. The highest BCUT2D eigenvalue weighted by molar-refractivity contribution is 5.66. The standard InChI is InChI=1S/C20H18F5N3O/c1-19(2,20(23,24)25)29-11-12-7-13(9-15(22)8-12)17-10-18(26)27-28(17)16-5-3-14(21)4-6-16/h3-10H,11H2,1-2H3,(H2,26,27). The molecule has 29 heavy (non-hydrogen) atoms. The van der Waals surface area contributed by atoms with Crippen LogP contribution in [0.2, 0.25) is 0 Å². The summed E-state index contributed by atoms with van der Waals surface area (Å²) in [6.45, 7) is 1.35. The summed E-state index contributed by atoms with van der Waals surface area (Å²) in [7, 11) is 0. The number of alkyl halides is 3. The first-order chi connectivity index (χ1) is 13.5. The van der Waals surface area contributed by atoms with Crippen LogP contribution in [-0.2, 0) is 11.3 Å². The Morgan fingerprint density at radius 3 is 2.24 bits per heavy atom. The van der Waals surface area contributed by atoms with E-state index in [-0.39, 0.29) is 11.4 Å². The number of anilines is 1. The van der Waals surface area contributed by atoms with E-state index < -0.39 is 30.0 Å². The molecule has 0 amide bonds. The van der Waals surface area contributed by atoms with Crippen molar-refractivity contribution in [2.75, 3.05) is 5.73 Å². The van der Waals surface area contributed by atoms with Gasteiger partial charge in [-0.1, -0.05) is 0 Å². The van der Waals surface area contributed by atoms with Crippen LogP contribution in [0.15, 0.2) is 48.5 Å². The summed E-state index contributed by atoms with van der Waals surface area (Å²) < 4.78 is 72.7. The van der Waals surface area contributed by atoms with E-state index in [1.54, 1.807) is 0 Å². The molecular formula is C20H18F5N3O. The van der Waals surface area contributed by atoms with Crippen LogP contribution in [0.3, 0.4) is 0 Å². The molecule has 1 heterocycles. The predicted molar refractivity (Wildman–Crippen MR) is 98.3 cm³/mol. The number of ether oxygens (including phenoxy) is 1. The van der Waals surface area contributed by atoms with Crippen LogP contribution in [0.1, 0.15) is 19.4 Å². The maximum absolute atomic E-state index is 14.2. The zero-order valence-electron chi connectivity index (χ0n) is 15.6. The van der Waals surface area contributed by atoms with Gasteiger partial charge in [-0.3, -0.25) is 0 Å². The average Bonchev–Trinajstić information content (AvgIpc) is 3.01. The van der Waals surface area contributed by atoms with Crippen molar-refractivity contribution in [2.45, 2.75) is 32.2 Å². The molecular weight excluding hydrogens is 393 g/mol. The van der Waals surface area contributed by atoms with Crippen LogP contribution in [0, 0.1) is 11.6 Å². The van der Waals surface area contributed by atoms with Gasteiger partial charge in [0.25, 0.3) is 0 Å². The molecule has 154 valence electrons. The smallest absolute Gasteiger partial charge is 0.382 e. The molecule has 2 aromatic carbocycles. The number of nitrogens with zero attached hydrogens (tertiary/aromatic N) is 2. The first-order valence-corrected chi connectivity index (χ1v) is 8.58. The maximum Gasteiger partial charge on any atom is 0.416 e. The lowest BCUT2D eigenvalue weighted by Gasteiger charge is -2.28. The minimum absolute atomic E-state index is 0.143. The van der Waals surface area contributed by atoms with Crippen molar-refractivity contribution in [1.29, 1.82) is 0 Å². The minimum Gasteiger partial charge on any atom is -0.382 e. The van der Waals surface area contributed by atoms with Crippen molar-refractivity contribution in [3.8, 4) is 16.9 Å². The lowest BCUT2D eigenvalue weighted by Crippen LogP contribution is -2.41. The van der Waals surface area contributed by atoms with E-state index >= 15 is 0 Å². The van der Waals surface area contributed by atoms with Gasteiger partial charge in [-0.15, -0.1) is 0 Å². The average molecular weight is 411 g/mol. The van der Waals surface area contributed by atoms with Gasteiger partial charge in [-0.25, -0.2) is 13.5 Å². The van der Waals surface area contributed by atoms with Crippen molar-refractivity contribution < 1.29 is 26.7 Å². The summed E-state index contributed by atoms with van der Waals surface area (Å²) in [6.07, 6.45) is -4.57. The second-order valence-corrected chi connectivity index (χ2v) is 6.99. The van der Waals surface area contributed by atoms with E-state index in [1.807, 2.05) is 0 Å². The molecule has 0 aliphatic carbocycles. The lowest BCUT2D eigenvalue weighted by atomic mass is 10.1. The molecule has 0 unspecified atom stereocenters. The molecule has 3 aromatic rings. The number of rotatable bonds is 5. The maximum atomic E-state index is 14.2. The molecule has 0 radical (unpaired) electrons. The summed E-state index contributed by atoms with van der Waals surface area (Å²) in [4.78, 5) is 0. The summed E-state index contributed by atoms with van der Waals surface area (Å²) in [6, 6.07) is 10.7. The quantitative estimate of drug-likeness (QED) is 0.583. The molecule has 2 N–H and O–H groups in total. The molecule has 0 aliphatic rings. The van der Waals surface area contributed by atoms with E-state index in [9.17, 15) is 22.0 Å². The highest BCUT2D eigenvalue weighted by atomic mass is 19.4. The first-order valence-electron chi connectivity index (χ1n) is 8.58. The number of nitrogens with two attached hydrogens (primary N) is 1. The third-order valence-corrected chi connectivity index (χ3v) is 4.34. The third kappa shape index (κ3) is 4.56. The van der Waals surface area contributed by atoms with Gasteiger partial charge in [0.05, 0.1) is 18.0 Å². The number of benzene rings is 2. The van der Waals surface area contributed by atoms with Crippen LogP contribution >= 0.6 is 0 Å². The van der Waals surface area contributed by atoms with Crippen LogP contribution in [0.5, 0.6) is 0 Å². The van der Waals surface area contributed by atoms with Gasteiger partial charge in [0.1, 0.15) is 17.5 Å². The molecule has 4 nitrogen and oxygen atoms in total. The Morgan fingerprint density at radius 2 is 1.62 bits per heavy atom. The van der Waals surface area contributed by atoms with Gasteiger partial charge in [0, 0.05) is 11.6 Å². The largest absolute Gasteiger partial charge is 0.416 e. The van der Waals surface area contributed by atoms with E-state index in [0.29, 0.717) is 16.9 Å². The molecule has 0 saturated heterocycles. The fraction of sp³-hybridized carbons (Fsp3) is 0.250. The van der Waals surface area contributed by atoms with Crippen LogP contribution < -0.4 is 5.73 Å². The molecule has 9 heteroatoms. The van der Waals surface area contributed by atoms with Crippen LogP contribution in [0.4, 0.5) is 27.8 Å². The zero-order valence-corrected chi connectivity index (χ0v) is 15.6. The second kappa shape index (κ2) is 7.47. The van der Waals surface area contributed by atoms with E-state index in [0.717, 1.165) is 19.9 Å². The van der Waals surface area contributed by atoms with E-state index in [2.05, 4.69) is 5.10 Å². The van der Waals surface area contributed by atoms with Crippen molar-refractivity contribution in [3.63, 3.8) is 0 Å². The number of hydrogen-bond donors (Lipinski definition) is 1. The fourth-order valence-corrected chi connectivity index (χ4v) is 2.61. The molecule has 0 saturated carbocycles. The normalized spacial score (nSPS) is 12.4. The molecule has 0 spiro atoms. The van der Waals surface area contributed by atoms with Crippen molar-refractivity contribution >= 4 is 5.82 Å². The van der Waals surface area contributed by atoms with Crippen LogP contribution in [-0.4, -0.2) is 21.6 Å². The summed E-state index contributed by atoms with van der Waals surface area (Å²) in [5.74, 6) is -0.950. The topological polar surface area (TPSA) is 53.1 Å². The molecule has 3 rings (SSSR count). The lowest BCUT2D eigenvalue weighted by molar-refractivity contribution is -0.267. The van der Waals surface area contributed by atoms with E-state index in [1.165, 1.54) is 47.1 Å². The second-order valence-electron chi connectivity index (χ2n) is 6.99. The zero-order chi connectivity index (χ0) is 21.4. The molecule has 1 aromatic heterocycles.